The van der Waals surface area contributed by atoms with Crippen LogP contribution in [-0.4, -0.2) is 38.4 Å². The number of unbranched alkanes of at least 4 members (excludes halogenated alkanes) is 45. The van der Waals surface area contributed by atoms with Crippen molar-refractivity contribution in [3.63, 3.8) is 0 Å². The number of rotatable bonds is 59. The van der Waals surface area contributed by atoms with Crippen LogP contribution in [0.5, 0.6) is 28.7 Å². The zero-order valence-electron chi connectivity index (χ0n) is 50.7. The molecule has 0 aliphatic carbocycles. The Balaban J connectivity index is 1.98. The molecule has 0 saturated heterocycles. The summed E-state index contributed by atoms with van der Waals surface area (Å²) < 4.78 is 32.2. The lowest BCUT2D eigenvalue weighted by atomic mass is 10.0. The third-order valence-electron chi connectivity index (χ3n) is 15.7. The van der Waals surface area contributed by atoms with Gasteiger partial charge >= 0.3 is 0 Å². The smallest absolute Gasteiger partial charge is 0.203 e. The molecule has 0 aliphatic heterocycles. The fraction of sp³-hybridized carbons (Fsp3) is 0.812. The summed E-state index contributed by atoms with van der Waals surface area (Å²) in [6.07, 6.45) is 65.9. The molecule has 2 aromatic rings. The van der Waals surface area contributed by atoms with E-state index in [1.807, 2.05) is 18.2 Å². The van der Waals surface area contributed by atoms with Crippen LogP contribution in [-0.2, 0) is 6.61 Å². The second-order valence-electron chi connectivity index (χ2n) is 22.8. The summed E-state index contributed by atoms with van der Waals surface area (Å²) in [5.74, 6) is 3.43. The predicted molar refractivity (Wildman–Crippen MR) is 328 cm³/mol. The summed E-state index contributed by atoms with van der Waals surface area (Å²) >= 11 is 0. The van der Waals surface area contributed by atoms with Crippen molar-refractivity contribution < 1.29 is 28.9 Å². The first-order valence-electron chi connectivity index (χ1n) is 33.2. The van der Waals surface area contributed by atoms with Gasteiger partial charge in [0.25, 0.3) is 0 Å². The molecule has 7 heteroatoms. The van der Waals surface area contributed by atoms with E-state index in [0.29, 0.717) is 42.6 Å². The Morgan fingerprint density at radius 1 is 0.342 bits per heavy atom. The van der Waals surface area contributed by atoms with E-state index in [0.717, 1.165) is 49.2 Å². The zero-order valence-corrected chi connectivity index (χ0v) is 50.7. The molecular formula is C69H123NO6. The summed E-state index contributed by atoms with van der Waals surface area (Å²) in [4.78, 5) is 0. The Morgan fingerprint density at radius 2 is 0.658 bits per heavy atom. The Labute approximate surface area is 471 Å². The third-order valence-corrected chi connectivity index (χ3v) is 15.7. The summed E-state index contributed by atoms with van der Waals surface area (Å²) in [7, 11) is 1.64. The van der Waals surface area contributed by atoms with Crippen LogP contribution in [0.25, 0.3) is 0 Å². The van der Waals surface area contributed by atoms with E-state index >= 15 is 0 Å². The number of ether oxygens (including phenoxy) is 5. The molecule has 1 N–H and O–H groups in total. The molecule has 0 atom stereocenters. The minimum absolute atomic E-state index is 0.253. The maximum atomic E-state index is 9.43. The van der Waals surface area contributed by atoms with Crippen molar-refractivity contribution in [2.24, 2.45) is 5.16 Å². The van der Waals surface area contributed by atoms with Gasteiger partial charge in [-0.15, -0.1) is 0 Å². The summed E-state index contributed by atoms with van der Waals surface area (Å²) in [6.45, 7) is 9.05. The Hall–Kier alpha value is -3.09. The van der Waals surface area contributed by atoms with E-state index in [2.05, 4.69) is 38.1 Å². The van der Waals surface area contributed by atoms with Crippen LogP contribution in [0.1, 0.15) is 340 Å². The first-order valence-corrected chi connectivity index (χ1v) is 33.2. The summed E-state index contributed by atoms with van der Waals surface area (Å²) in [6, 6.07) is 9.64. The van der Waals surface area contributed by atoms with Gasteiger partial charge in [-0.25, -0.2) is 0 Å². The standard InChI is InChI=1S/C69H123NO6/c1-5-8-11-14-17-20-23-26-29-32-35-38-41-44-47-50-57-73-66-56-54-64(62-76-67-60-65(72-4)55-53-63(67)61-70-71)68(74-58-51-48-45-42-39-36-33-30-27-24-21-18-15-12-9-6-2)69(66)75-59-52-49-46-43-40-37-34-31-28-25-22-19-16-13-10-7-3/h53-56,60-61,71H,5-52,57-59,62H2,1-4H3/b70-61-. The van der Waals surface area contributed by atoms with Gasteiger partial charge in [-0.1, -0.05) is 315 Å². The highest BCUT2D eigenvalue weighted by atomic mass is 16.5. The van der Waals surface area contributed by atoms with Crippen LogP contribution in [0.15, 0.2) is 35.5 Å². The van der Waals surface area contributed by atoms with Gasteiger partial charge in [-0.3, -0.25) is 0 Å². The number of oxime groups is 1. The largest absolute Gasteiger partial charge is 0.497 e. The molecule has 0 fully saturated rings. The second kappa shape index (κ2) is 53.9. The Bertz CT molecular complexity index is 1560. The van der Waals surface area contributed by atoms with E-state index in [1.54, 1.807) is 7.11 Å². The van der Waals surface area contributed by atoms with Crippen LogP contribution >= 0.6 is 0 Å². The van der Waals surface area contributed by atoms with Gasteiger partial charge < -0.3 is 28.9 Å². The van der Waals surface area contributed by atoms with Crippen LogP contribution in [0.4, 0.5) is 0 Å². The molecule has 76 heavy (non-hydrogen) atoms. The SMILES string of the molecule is CCCCCCCCCCCCCCCCCCOc1ccc(COc2cc(OC)ccc2/C=N\O)c(OCCCCCCCCCCCCCCCCCC)c1OCCCCCCCCCCCCCCCCCC. The number of benzene rings is 2. The molecule has 0 spiro atoms. The second-order valence-corrected chi connectivity index (χ2v) is 22.8. The maximum Gasteiger partial charge on any atom is 0.203 e. The van der Waals surface area contributed by atoms with E-state index < -0.39 is 0 Å². The van der Waals surface area contributed by atoms with Crippen LogP contribution < -0.4 is 23.7 Å². The monoisotopic (exact) mass is 1060 g/mol. The first kappa shape index (κ1) is 69.0. The lowest BCUT2D eigenvalue weighted by Gasteiger charge is -2.21. The lowest BCUT2D eigenvalue weighted by molar-refractivity contribution is 0.227. The van der Waals surface area contributed by atoms with Crippen molar-refractivity contribution in [1.82, 2.24) is 0 Å². The van der Waals surface area contributed by atoms with Crippen LogP contribution in [0.2, 0.25) is 0 Å². The van der Waals surface area contributed by atoms with Gasteiger partial charge in [-0.05, 0) is 43.5 Å². The highest BCUT2D eigenvalue weighted by Crippen LogP contribution is 2.42. The Kier molecular flexibility index (Phi) is 48.9. The highest BCUT2D eigenvalue weighted by molar-refractivity contribution is 5.83. The minimum Gasteiger partial charge on any atom is -0.497 e. The van der Waals surface area contributed by atoms with Crippen molar-refractivity contribution >= 4 is 6.21 Å². The quantitative estimate of drug-likeness (QED) is 0.0308. The first-order chi connectivity index (χ1) is 37.7. The highest BCUT2D eigenvalue weighted by Gasteiger charge is 2.20. The Morgan fingerprint density at radius 3 is 0.987 bits per heavy atom. The fourth-order valence-electron chi connectivity index (χ4n) is 10.7. The number of nitrogens with zero attached hydrogens (tertiary/aromatic N) is 1. The molecule has 0 aliphatic rings. The van der Waals surface area contributed by atoms with Crippen LogP contribution in [0, 0.1) is 0 Å². The minimum atomic E-state index is 0.253. The zero-order chi connectivity index (χ0) is 54.3. The van der Waals surface area contributed by atoms with Gasteiger partial charge in [0.15, 0.2) is 11.5 Å². The molecule has 2 aromatic carbocycles. The molecule has 0 bridgehead atoms. The molecule has 0 heterocycles. The van der Waals surface area contributed by atoms with E-state index in [1.165, 1.54) is 282 Å². The van der Waals surface area contributed by atoms with Crippen LogP contribution in [0.3, 0.4) is 0 Å². The average molecular weight is 1060 g/mol. The molecule has 2 rings (SSSR count). The fourth-order valence-corrected chi connectivity index (χ4v) is 10.7. The van der Waals surface area contributed by atoms with E-state index in [-0.39, 0.29) is 6.61 Å². The predicted octanol–water partition coefficient (Wildman–Crippen LogP) is 23.0. The lowest BCUT2D eigenvalue weighted by Crippen LogP contribution is -2.09. The van der Waals surface area contributed by atoms with Crippen molar-refractivity contribution in [3.05, 3.63) is 41.5 Å². The van der Waals surface area contributed by atoms with E-state index in [4.69, 9.17) is 23.7 Å². The maximum absolute atomic E-state index is 9.43. The van der Waals surface area contributed by atoms with Crippen molar-refractivity contribution in [2.75, 3.05) is 26.9 Å². The van der Waals surface area contributed by atoms with Gasteiger partial charge in [-0.2, -0.15) is 0 Å². The number of methoxy groups -OCH3 is 1. The summed E-state index contributed by atoms with van der Waals surface area (Å²) in [5.41, 5.74) is 1.57. The van der Waals surface area contributed by atoms with Gasteiger partial charge in [0.05, 0.1) is 33.1 Å². The van der Waals surface area contributed by atoms with Gasteiger partial charge in [0.1, 0.15) is 18.1 Å². The van der Waals surface area contributed by atoms with Gasteiger partial charge in [0.2, 0.25) is 5.75 Å². The van der Waals surface area contributed by atoms with Crippen molar-refractivity contribution in [1.29, 1.82) is 0 Å². The van der Waals surface area contributed by atoms with Crippen molar-refractivity contribution in [3.8, 4) is 28.7 Å². The molecule has 440 valence electrons. The molecule has 0 amide bonds. The molecule has 0 saturated carbocycles. The average Bonchev–Trinajstić information content (AvgIpc) is 3.43. The molecule has 0 radical (unpaired) electrons. The van der Waals surface area contributed by atoms with E-state index in [9.17, 15) is 5.21 Å². The molecular weight excluding hydrogens is 939 g/mol. The van der Waals surface area contributed by atoms with Crippen molar-refractivity contribution in [2.45, 2.75) is 336 Å². The number of hydrogen-bond donors (Lipinski definition) is 1. The van der Waals surface area contributed by atoms with Gasteiger partial charge in [0, 0.05) is 17.2 Å². The summed E-state index contributed by atoms with van der Waals surface area (Å²) in [5, 5.41) is 12.7. The third kappa shape index (κ3) is 39.3. The molecule has 7 nitrogen and oxygen atoms in total. The normalized spacial score (nSPS) is 11.5. The molecule has 0 aromatic heterocycles. The molecule has 0 unspecified atom stereocenters. The topological polar surface area (TPSA) is 78.7 Å². The number of hydrogen-bond acceptors (Lipinski definition) is 7.